The molecule has 0 spiro atoms. The number of anilines is 1. The molecule has 1 aromatic rings. The highest BCUT2D eigenvalue weighted by molar-refractivity contribution is 5.85. The molecule has 0 aliphatic heterocycles. The largest absolute Gasteiger partial charge is 0.545 e. The SMILES string of the molecule is N#Cc1ccc(N)c(/C=C/C(=O)[O-])c1. The van der Waals surface area contributed by atoms with Gasteiger partial charge in [-0.15, -0.1) is 0 Å². The van der Waals surface area contributed by atoms with Gasteiger partial charge in [0, 0.05) is 5.69 Å². The summed E-state index contributed by atoms with van der Waals surface area (Å²) in [4.78, 5) is 10.1. The van der Waals surface area contributed by atoms with Crippen molar-refractivity contribution in [1.82, 2.24) is 0 Å². The van der Waals surface area contributed by atoms with Crippen LogP contribution in [-0.4, -0.2) is 5.97 Å². The van der Waals surface area contributed by atoms with Crippen molar-refractivity contribution in [3.05, 3.63) is 35.4 Å². The van der Waals surface area contributed by atoms with Crippen LogP contribution >= 0.6 is 0 Å². The highest BCUT2D eigenvalue weighted by atomic mass is 16.4. The maximum atomic E-state index is 10.1. The quantitative estimate of drug-likeness (QED) is 0.517. The Balaban J connectivity index is 3.08. The van der Waals surface area contributed by atoms with Crippen LogP contribution in [0.1, 0.15) is 11.1 Å². The lowest BCUT2D eigenvalue weighted by atomic mass is 10.1. The lowest BCUT2D eigenvalue weighted by Crippen LogP contribution is -2.18. The minimum Gasteiger partial charge on any atom is -0.545 e. The Bertz CT molecular complexity index is 430. The second-order valence-electron chi connectivity index (χ2n) is 2.61. The molecule has 2 N–H and O–H groups in total. The van der Waals surface area contributed by atoms with E-state index in [2.05, 4.69) is 0 Å². The van der Waals surface area contributed by atoms with E-state index < -0.39 is 5.97 Å². The fourth-order valence-corrected chi connectivity index (χ4v) is 0.946. The number of nitrogens with two attached hydrogens (primary N) is 1. The monoisotopic (exact) mass is 187 g/mol. The van der Waals surface area contributed by atoms with E-state index in [1.165, 1.54) is 12.1 Å². The summed E-state index contributed by atoms with van der Waals surface area (Å²) < 4.78 is 0. The Hall–Kier alpha value is -2.28. The summed E-state index contributed by atoms with van der Waals surface area (Å²) in [5.74, 6) is -1.30. The Morgan fingerprint density at radius 1 is 1.57 bits per heavy atom. The van der Waals surface area contributed by atoms with Gasteiger partial charge >= 0.3 is 0 Å². The van der Waals surface area contributed by atoms with Gasteiger partial charge in [0.1, 0.15) is 0 Å². The molecule has 4 heteroatoms. The number of hydrogen-bond acceptors (Lipinski definition) is 4. The summed E-state index contributed by atoms with van der Waals surface area (Å²) >= 11 is 0. The molecule has 1 rings (SSSR count). The van der Waals surface area contributed by atoms with Crippen molar-refractivity contribution < 1.29 is 9.90 Å². The summed E-state index contributed by atoms with van der Waals surface area (Å²) in [5.41, 5.74) is 6.90. The second-order valence-corrected chi connectivity index (χ2v) is 2.61. The summed E-state index contributed by atoms with van der Waals surface area (Å²) in [6.45, 7) is 0. The molecule has 0 amide bonds. The topological polar surface area (TPSA) is 89.9 Å². The Morgan fingerprint density at radius 2 is 2.29 bits per heavy atom. The molecule has 0 atom stereocenters. The lowest BCUT2D eigenvalue weighted by Gasteiger charge is -2.00. The van der Waals surface area contributed by atoms with E-state index in [9.17, 15) is 9.90 Å². The van der Waals surface area contributed by atoms with Gasteiger partial charge in [-0.3, -0.25) is 0 Å². The van der Waals surface area contributed by atoms with Crippen LogP contribution < -0.4 is 10.8 Å². The average Bonchev–Trinajstić information content (AvgIpc) is 2.16. The van der Waals surface area contributed by atoms with Crippen molar-refractivity contribution >= 4 is 17.7 Å². The number of nitrogen functional groups attached to an aromatic ring is 1. The molecule has 0 fully saturated rings. The predicted molar refractivity (Wildman–Crippen MR) is 49.6 cm³/mol. The standard InChI is InChI=1S/C10H8N2O2/c11-6-7-1-3-9(12)8(5-7)2-4-10(13)14/h1-5H,12H2,(H,13,14)/p-1/b4-2+. The third-order valence-electron chi connectivity index (χ3n) is 1.61. The smallest absolute Gasteiger partial charge is 0.0991 e. The lowest BCUT2D eigenvalue weighted by molar-refractivity contribution is -0.297. The van der Waals surface area contributed by atoms with Crippen LogP contribution in [0.2, 0.25) is 0 Å². The summed E-state index contributed by atoms with van der Waals surface area (Å²) in [6.07, 6.45) is 2.17. The number of carbonyl (C=O) groups is 1. The highest BCUT2D eigenvalue weighted by Gasteiger charge is 1.96. The van der Waals surface area contributed by atoms with Crippen LogP contribution in [0.3, 0.4) is 0 Å². The van der Waals surface area contributed by atoms with E-state index in [-0.39, 0.29) is 0 Å². The van der Waals surface area contributed by atoms with Crippen molar-refractivity contribution in [1.29, 1.82) is 5.26 Å². The summed E-state index contributed by atoms with van der Waals surface area (Å²) in [6, 6.07) is 6.55. The molecule has 4 nitrogen and oxygen atoms in total. The normalized spacial score (nSPS) is 9.93. The zero-order valence-corrected chi connectivity index (χ0v) is 7.23. The zero-order valence-electron chi connectivity index (χ0n) is 7.23. The van der Waals surface area contributed by atoms with E-state index in [0.717, 1.165) is 6.08 Å². The molecular formula is C10H7N2O2-. The van der Waals surface area contributed by atoms with Gasteiger partial charge in [0.05, 0.1) is 17.6 Å². The molecule has 0 saturated heterocycles. The first-order valence-electron chi connectivity index (χ1n) is 3.82. The number of carboxylic acids is 1. The number of benzene rings is 1. The third-order valence-corrected chi connectivity index (χ3v) is 1.61. The molecule has 0 unspecified atom stereocenters. The van der Waals surface area contributed by atoms with Crippen molar-refractivity contribution in [3.8, 4) is 6.07 Å². The first-order chi connectivity index (χ1) is 6.63. The Morgan fingerprint density at radius 3 is 2.86 bits per heavy atom. The zero-order chi connectivity index (χ0) is 10.6. The maximum absolute atomic E-state index is 10.1. The predicted octanol–water partition coefficient (Wildman–Crippen LogP) is -0.0964. The van der Waals surface area contributed by atoms with E-state index in [0.29, 0.717) is 16.8 Å². The molecule has 0 aliphatic carbocycles. The van der Waals surface area contributed by atoms with Crippen molar-refractivity contribution in [2.45, 2.75) is 0 Å². The third kappa shape index (κ3) is 2.35. The number of nitriles is 1. The van der Waals surface area contributed by atoms with Crippen LogP contribution in [0, 0.1) is 11.3 Å². The average molecular weight is 187 g/mol. The van der Waals surface area contributed by atoms with Crippen LogP contribution in [0.5, 0.6) is 0 Å². The number of rotatable bonds is 2. The number of nitrogens with zero attached hydrogens (tertiary/aromatic N) is 1. The van der Waals surface area contributed by atoms with Gasteiger partial charge in [0.25, 0.3) is 0 Å². The number of carboxylic acid groups (broad SMARTS) is 1. The van der Waals surface area contributed by atoms with Gasteiger partial charge in [0.2, 0.25) is 0 Å². The number of carbonyl (C=O) groups excluding carboxylic acids is 1. The number of aliphatic carboxylic acids is 1. The second kappa shape index (κ2) is 4.10. The van der Waals surface area contributed by atoms with E-state index in [1.54, 1.807) is 12.1 Å². The molecule has 0 bridgehead atoms. The molecule has 0 aromatic heterocycles. The van der Waals surface area contributed by atoms with Gasteiger partial charge in [-0.25, -0.2) is 0 Å². The van der Waals surface area contributed by atoms with Gasteiger partial charge in [-0.1, -0.05) is 6.08 Å². The fourth-order valence-electron chi connectivity index (χ4n) is 0.946. The molecule has 70 valence electrons. The molecule has 0 saturated carbocycles. The fraction of sp³-hybridized carbons (Fsp3) is 0. The molecule has 14 heavy (non-hydrogen) atoms. The molecule has 0 aliphatic rings. The highest BCUT2D eigenvalue weighted by Crippen LogP contribution is 2.15. The Kier molecular flexibility index (Phi) is 2.87. The first kappa shape index (κ1) is 9.81. The molecule has 0 radical (unpaired) electrons. The van der Waals surface area contributed by atoms with Crippen LogP contribution in [0.4, 0.5) is 5.69 Å². The molecular weight excluding hydrogens is 180 g/mol. The minimum absolute atomic E-state index is 0.418. The first-order valence-corrected chi connectivity index (χ1v) is 3.82. The van der Waals surface area contributed by atoms with Crippen LogP contribution in [0.15, 0.2) is 24.3 Å². The molecule has 0 heterocycles. The van der Waals surface area contributed by atoms with Crippen molar-refractivity contribution in [3.63, 3.8) is 0 Å². The van der Waals surface area contributed by atoms with Gasteiger partial charge < -0.3 is 15.6 Å². The maximum Gasteiger partial charge on any atom is 0.0991 e. The summed E-state index contributed by atoms with van der Waals surface area (Å²) in [7, 11) is 0. The van der Waals surface area contributed by atoms with E-state index in [4.69, 9.17) is 11.0 Å². The Labute approximate surface area is 80.9 Å². The van der Waals surface area contributed by atoms with Gasteiger partial charge in [0.15, 0.2) is 0 Å². The van der Waals surface area contributed by atoms with Gasteiger partial charge in [-0.2, -0.15) is 5.26 Å². The van der Waals surface area contributed by atoms with Crippen molar-refractivity contribution in [2.24, 2.45) is 0 Å². The van der Waals surface area contributed by atoms with E-state index >= 15 is 0 Å². The van der Waals surface area contributed by atoms with Gasteiger partial charge in [-0.05, 0) is 29.8 Å². The van der Waals surface area contributed by atoms with Crippen LogP contribution in [-0.2, 0) is 4.79 Å². The van der Waals surface area contributed by atoms with E-state index in [1.807, 2.05) is 6.07 Å². The van der Waals surface area contributed by atoms with Crippen molar-refractivity contribution in [2.75, 3.05) is 5.73 Å². The summed E-state index contributed by atoms with van der Waals surface area (Å²) in [5, 5.41) is 18.7. The molecule has 1 aromatic carbocycles. The number of hydrogen-bond donors (Lipinski definition) is 1. The van der Waals surface area contributed by atoms with Crippen LogP contribution in [0.25, 0.3) is 6.08 Å². The minimum atomic E-state index is -1.30.